The van der Waals surface area contributed by atoms with Gasteiger partial charge in [-0.25, -0.2) is 0 Å². The van der Waals surface area contributed by atoms with Crippen LogP contribution in [0.4, 0.5) is 22.0 Å². The van der Waals surface area contributed by atoms with Crippen LogP contribution in [0.1, 0.15) is 14.5 Å². The molecule has 2 heterocycles. The van der Waals surface area contributed by atoms with E-state index < -0.39 is 31.3 Å². The van der Waals surface area contributed by atoms with Crippen molar-refractivity contribution >= 4 is 17.2 Å². The number of nitrogens with one attached hydrogen (secondary N) is 2. The quantitative estimate of drug-likeness (QED) is 0.735. The van der Waals surface area contributed by atoms with Gasteiger partial charge in [-0.15, -0.1) is 11.3 Å². The molecular formula is C14H18F5N3O2S. The van der Waals surface area contributed by atoms with Crippen LogP contribution in [0.25, 0.3) is 0 Å². The Morgan fingerprint density at radius 1 is 1.40 bits per heavy atom. The lowest BCUT2D eigenvalue weighted by atomic mass is 10.2. The third-order valence-electron chi connectivity index (χ3n) is 3.67. The topological polar surface area (TPSA) is 53.6 Å². The van der Waals surface area contributed by atoms with Crippen LogP contribution in [0.2, 0.25) is 0 Å². The monoisotopic (exact) mass is 387 g/mol. The highest BCUT2D eigenvalue weighted by Gasteiger charge is 2.44. The van der Waals surface area contributed by atoms with Crippen LogP contribution in [0.3, 0.4) is 0 Å². The molecule has 1 atom stereocenters. The van der Waals surface area contributed by atoms with E-state index in [2.05, 4.69) is 15.4 Å². The largest absolute Gasteiger partial charge is 0.433 e. The predicted molar refractivity (Wildman–Crippen MR) is 82.3 cm³/mol. The van der Waals surface area contributed by atoms with E-state index in [0.29, 0.717) is 18.0 Å². The second-order valence-electron chi connectivity index (χ2n) is 5.48. The van der Waals surface area contributed by atoms with Crippen molar-refractivity contribution in [3.63, 3.8) is 0 Å². The Hall–Kier alpha value is -1.46. The molecule has 11 heteroatoms. The van der Waals surface area contributed by atoms with Crippen molar-refractivity contribution < 1.29 is 31.5 Å². The van der Waals surface area contributed by atoms with Crippen LogP contribution in [0.15, 0.2) is 6.07 Å². The Morgan fingerprint density at radius 3 is 2.60 bits per heavy atom. The molecule has 1 aliphatic rings. The molecule has 2 rings (SSSR count). The summed E-state index contributed by atoms with van der Waals surface area (Å²) in [5.74, 6) is -1.20. The SMILES string of the molecule is Cc1cc(OC(F)F)c(C(=O)NCC(N2CCNCC2)C(F)(F)F)s1. The number of carbonyl (C=O) groups is 1. The molecule has 1 saturated heterocycles. The number of hydrogen-bond acceptors (Lipinski definition) is 5. The summed E-state index contributed by atoms with van der Waals surface area (Å²) in [6.07, 6.45) is -4.52. The number of thiophene rings is 1. The molecule has 0 aliphatic carbocycles. The van der Waals surface area contributed by atoms with Crippen molar-refractivity contribution in [2.24, 2.45) is 0 Å². The lowest BCUT2D eigenvalue weighted by Crippen LogP contribution is -2.57. The molecule has 0 bridgehead atoms. The van der Waals surface area contributed by atoms with Crippen molar-refractivity contribution in [1.82, 2.24) is 15.5 Å². The Kier molecular flexibility index (Phi) is 6.58. The van der Waals surface area contributed by atoms with Crippen molar-refractivity contribution in [2.75, 3.05) is 32.7 Å². The summed E-state index contributed by atoms with van der Waals surface area (Å²) in [6.45, 7) is -0.930. The van der Waals surface area contributed by atoms with Crippen molar-refractivity contribution in [2.45, 2.75) is 25.8 Å². The number of carbonyl (C=O) groups excluding carboxylic acids is 1. The molecule has 25 heavy (non-hydrogen) atoms. The second-order valence-corrected chi connectivity index (χ2v) is 6.74. The summed E-state index contributed by atoms with van der Waals surface area (Å²) in [5.41, 5.74) is 0. The lowest BCUT2D eigenvalue weighted by molar-refractivity contribution is -0.183. The number of aryl methyl sites for hydroxylation is 1. The molecular weight excluding hydrogens is 369 g/mol. The van der Waals surface area contributed by atoms with E-state index >= 15 is 0 Å². The molecule has 1 aromatic rings. The normalized spacial score (nSPS) is 17.6. The summed E-state index contributed by atoms with van der Waals surface area (Å²) < 4.78 is 68.8. The smallest absolute Gasteiger partial charge is 0.405 e. The fourth-order valence-electron chi connectivity index (χ4n) is 2.55. The van der Waals surface area contributed by atoms with Crippen molar-refractivity contribution in [3.8, 4) is 5.75 Å². The van der Waals surface area contributed by atoms with Crippen LogP contribution < -0.4 is 15.4 Å². The van der Waals surface area contributed by atoms with Crippen molar-refractivity contribution in [3.05, 3.63) is 15.8 Å². The molecule has 1 fully saturated rings. The van der Waals surface area contributed by atoms with E-state index in [4.69, 9.17) is 0 Å². The predicted octanol–water partition coefficient (Wildman–Crippen LogP) is 2.22. The number of rotatable bonds is 6. The number of piperazine rings is 1. The number of amides is 1. The van der Waals surface area contributed by atoms with Crippen molar-refractivity contribution in [1.29, 1.82) is 0 Å². The molecule has 0 saturated carbocycles. The van der Waals surface area contributed by atoms with Gasteiger partial charge in [0.2, 0.25) is 0 Å². The average molecular weight is 387 g/mol. The third kappa shape index (κ3) is 5.51. The highest BCUT2D eigenvalue weighted by atomic mass is 32.1. The maximum Gasteiger partial charge on any atom is 0.405 e. The molecule has 1 amide bonds. The van der Waals surface area contributed by atoms with Gasteiger partial charge in [0.15, 0.2) is 0 Å². The first-order chi connectivity index (χ1) is 11.7. The Labute approximate surface area is 145 Å². The zero-order chi connectivity index (χ0) is 18.6. The summed E-state index contributed by atoms with van der Waals surface area (Å²) in [7, 11) is 0. The van der Waals surface area contributed by atoms with E-state index in [1.165, 1.54) is 11.0 Å². The van der Waals surface area contributed by atoms with Crippen LogP contribution in [0.5, 0.6) is 5.75 Å². The zero-order valence-corrected chi connectivity index (χ0v) is 14.1. The minimum Gasteiger partial charge on any atom is -0.433 e. The molecule has 142 valence electrons. The minimum atomic E-state index is -4.52. The van der Waals surface area contributed by atoms with Crippen LogP contribution >= 0.6 is 11.3 Å². The molecule has 2 N–H and O–H groups in total. The first kappa shape index (κ1) is 19.9. The number of hydrogen-bond donors (Lipinski definition) is 2. The molecule has 0 spiro atoms. The van der Waals surface area contributed by atoms with Crippen LogP contribution in [0, 0.1) is 6.92 Å². The van der Waals surface area contributed by atoms with Gasteiger partial charge in [-0.2, -0.15) is 22.0 Å². The fourth-order valence-corrected chi connectivity index (χ4v) is 3.41. The van der Waals surface area contributed by atoms with E-state index in [0.717, 1.165) is 11.3 Å². The average Bonchev–Trinajstić information content (AvgIpc) is 2.87. The highest BCUT2D eigenvalue weighted by molar-refractivity contribution is 7.14. The first-order valence-electron chi connectivity index (χ1n) is 7.53. The first-order valence-corrected chi connectivity index (χ1v) is 8.35. The Balaban J connectivity index is 2.06. The van der Waals surface area contributed by atoms with E-state index in [1.54, 1.807) is 6.92 Å². The van der Waals surface area contributed by atoms with E-state index in [1.807, 2.05) is 0 Å². The van der Waals surface area contributed by atoms with Crippen LogP contribution in [-0.2, 0) is 0 Å². The summed E-state index contributed by atoms with van der Waals surface area (Å²) in [4.78, 5) is 13.8. The molecule has 1 aromatic heterocycles. The van der Waals surface area contributed by atoms with E-state index in [9.17, 15) is 26.7 Å². The lowest BCUT2D eigenvalue weighted by Gasteiger charge is -2.35. The van der Waals surface area contributed by atoms with E-state index in [-0.39, 0.29) is 23.7 Å². The number of nitrogens with zero attached hydrogens (tertiary/aromatic N) is 1. The standard InChI is InChI=1S/C14H18F5N3O2S/c1-8-6-9(24-13(15)16)11(25-8)12(23)21-7-10(14(17,18)19)22-4-2-20-3-5-22/h6,10,13,20H,2-5,7H2,1H3,(H,21,23). The maximum absolute atomic E-state index is 13.3. The number of ether oxygens (including phenoxy) is 1. The van der Waals surface area contributed by atoms with Gasteiger partial charge in [0, 0.05) is 37.6 Å². The fraction of sp³-hybridized carbons (Fsp3) is 0.643. The molecule has 5 nitrogen and oxygen atoms in total. The second kappa shape index (κ2) is 8.28. The summed E-state index contributed by atoms with van der Waals surface area (Å²) in [6, 6.07) is -0.581. The minimum absolute atomic E-state index is 0.168. The van der Waals surface area contributed by atoms with Gasteiger partial charge < -0.3 is 15.4 Å². The van der Waals surface area contributed by atoms with Gasteiger partial charge in [0.25, 0.3) is 5.91 Å². The Bertz CT molecular complexity index is 588. The molecule has 0 aromatic carbocycles. The zero-order valence-electron chi connectivity index (χ0n) is 13.3. The molecule has 0 radical (unpaired) electrons. The maximum atomic E-state index is 13.3. The number of alkyl halides is 5. The number of halogens is 5. The Morgan fingerprint density at radius 2 is 2.04 bits per heavy atom. The summed E-state index contributed by atoms with van der Waals surface area (Å²) >= 11 is 0.884. The van der Waals surface area contributed by atoms with Gasteiger partial charge in [0.05, 0.1) is 0 Å². The summed E-state index contributed by atoms with van der Waals surface area (Å²) in [5, 5.41) is 5.15. The van der Waals surface area contributed by atoms with Gasteiger partial charge in [-0.3, -0.25) is 9.69 Å². The van der Waals surface area contributed by atoms with Gasteiger partial charge >= 0.3 is 12.8 Å². The molecule has 1 unspecified atom stereocenters. The van der Waals surface area contributed by atoms with Gasteiger partial charge in [0.1, 0.15) is 16.7 Å². The van der Waals surface area contributed by atoms with Gasteiger partial charge in [-0.05, 0) is 13.0 Å². The third-order valence-corrected chi connectivity index (χ3v) is 4.70. The van der Waals surface area contributed by atoms with Gasteiger partial charge in [-0.1, -0.05) is 0 Å². The van der Waals surface area contributed by atoms with Crippen LogP contribution in [-0.4, -0.2) is 62.4 Å². The molecule has 1 aliphatic heterocycles. The highest BCUT2D eigenvalue weighted by Crippen LogP contribution is 2.30.